The Balaban J connectivity index is 1.58. The molecule has 0 fully saturated rings. The molecule has 1 amide bonds. The number of carbonyl (C=O) groups is 1. The number of hydrogen-bond donors (Lipinski definition) is 1. The van der Waals surface area contributed by atoms with Gasteiger partial charge in [-0.25, -0.2) is 9.48 Å². The third kappa shape index (κ3) is 3.35. The maximum Gasteiger partial charge on any atom is 0.350 e. The average Bonchev–Trinajstić information content (AvgIpc) is 2.90. The van der Waals surface area contributed by atoms with Gasteiger partial charge < -0.3 is 5.32 Å². The summed E-state index contributed by atoms with van der Waals surface area (Å²) in [5.74, 6) is -0.0922. The third-order valence-corrected chi connectivity index (χ3v) is 5.19. The molecule has 2 heterocycles. The molecule has 0 atom stereocenters. The number of halogens is 1. The maximum atomic E-state index is 12.2. The normalized spacial score (nSPS) is 10.9. The molecule has 0 radical (unpaired) electrons. The summed E-state index contributed by atoms with van der Waals surface area (Å²) in [7, 11) is 0. The highest BCUT2D eigenvalue weighted by atomic mass is 127. The van der Waals surface area contributed by atoms with Gasteiger partial charge in [-0.2, -0.15) is 0 Å². The van der Waals surface area contributed by atoms with Crippen LogP contribution in [0.1, 0.15) is 22.3 Å². The first-order chi connectivity index (χ1) is 11.6. The number of rotatable bonds is 5. The Morgan fingerprint density at radius 2 is 2.08 bits per heavy atom. The lowest BCUT2D eigenvalue weighted by Gasteiger charge is -2.08. The van der Waals surface area contributed by atoms with Gasteiger partial charge in [0.25, 0.3) is 5.91 Å². The highest BCUT2D eigenvalue weighted by molar-refractivity contribution is 14.1. The van der Waals surface area contributed by atoms with Gasteiger partial charge in [-0.05, 0) is 59.7 Å². The van der Waals surface area contributed by atoms with E-state index in [1.807, 2.05) is 31.2 Å². The minimum Gasteiger partial charge on any atom is -0.352 e. The molecule has 6 nitrogen and oxygen atoms in total. The molecule has 0 aliphatic rings. The summed E-state index contributed by atoms with van der Waals surface area (Å²) in [6.07, 6.45) is 2.33. The van der Waals surface area contributed by atoms with E-state index in [9.17, 15) is 9.59 Å². The Morgan fingerprint density at radius 3 is 2.88 bits per heavy atom. The second kappa shape index (κ2) is 7.16. The zero-order valence-corrected chi connectivity index (χ0v) is 15.4. The maximum absolute atomic E-state index is 12.2. The van der Waals surface area contributed by atoms with Crippen molar-refractivity contribution in [3.05, 3.63) is 67.8 Å². The molecule has 0 saturated carbocycles. The average molecular weight is 436 g/mol. The minimum absolute atomic E-state index is 0.0922. The molecule has 0 aliphatic carbocycles. The fourth-order valence-corrected chi connectivity index (χ4v) is 3.07. The monoisotopic (exact) mass is 436 g/mol. The van der Waals surface area contributed by atoms with Gasteiger partial charge >= 0.3 is 5.69 Å². The molecule has 1 aromatic carbocycles. The second-order valence-corrected chi connectivity index (χ2v) is 6.56. The van der Waals surface area contributed by atoms with Gasteiger partial charge in [0, 0.05) is 22.9 Å². The number of carbonyl (C=O) groups excluding carboxylic acids is 1. The van der Waals surface area contributed by atoms with E-state index in [0.717, 1.165) is 9.13 Å². The van der Waals surface area contributed by atoms with Crippen LogP contribution in [0.25, 0.3) is 5.65 Å². The summed E-state index contributed by atoms with van der Waals surface area (Å²) < 4.78 is 3.90. The largest absolute Gasteiger partial charge is 0.352 e. The Bertz CT molecular complexity index is 945. The van der Waals surface area contributed by atoms with Crippen molar-refractivity contribution in [2.45, 2.75) is 19.9 Å². The Hall–Kier alpha value is -2.16. The zero-order valence-electron chi connectivity index (χ0n) is 13.2. The van der Waals surface area contributed by atoms with Gasteiger partial charge in [-0.15, -0.1) is 5.10 Å². The van der Waals surface area contributed by atoms with Crippen molar-refractivity contribution in [3.8, 4) is 0 Å². The van der Waals surface area contributed by atoms with Crippen molar-refractivity contribution in [1.29, 1.82) is 0 Å². The van der Waals surface area contributed by atoms with Gasteiger partial charge in [0.15, 0.2) is 5.65 Å². The summed E-state index contributed by atoms with van der Waals surface area (Å²) in [5.41, 5.74) is 2.23. The van der Waals surface area contributed by atoms with Crippen molar-refractivity contribution in [2.24, 2.45) is 0 Å². The SMILES string of the molecule is Cc1cccc(C(=O)NCCCn2nc3ccccn3c2=O)c1I. The van der Waals surface area contributed by atoms with Crippen LogP contribution in [0.4, 0.5) is 0 Å². The third-order valence-electron chi connectivity index (χ3n) is 3.76. The molecule has 3 rings (SSSR count). The van der Waals surface area contributed by atoms with E-state index in [1.165, 1.54) is 9.08 Å². The van der Waals surface area contributed by atoms with E-state index in [0.29, 0.717) is 30.7 Å². The van der Waals surface area contributed by atoms with Crippen molar-refractivity contribution < 1.29 is 4.79 Å². The fourth-order valence-electron chi connectivity index (χ4n) is 2.46. The summed E-state index contributed by atoms with van der Waals surface area (Å²) >= 11 is 2.18. The topological polar surface area (TPSA) is 68.4 Å². The van der Waals surface area contributed by atoms with Gasteiger partial charge in [-0.1, -0.05) is 18.2 Å². The molecule has 124 valence electrons. The van der Waals surface area contributed by atoms with Gasteiger partial charge in [0.2, 0.25) is 0 Å². The number of fused-ring (bicyclic) bond motifs is 1. The van der Waals surface area contributed by atoms with Crippen molar-refractivity contribution >= 4 is 34.1 Å². The summed E-state index contributed by atoms with van der Waals surface area (Å²) in [6, 6.07) is 11.1. The number of nitrogens with one attached hydrogen (secondary N) is 1. The van der Waals surface area contributed by atoms with E-state index in [-0.39, 0.29) is 11.6 Å². The number of benzene rings is 1. The van der Waals surface area contributed by atoms with Crippen LogP contribution in [0, 0.1) is 10.5 Å². The van der Waals surface area contributed by atoms with Crippen LogP contribution in [-0.4, -0.2) is 26.6 Å². The van der Waals surface area contributed by atoms with E-state index >= 15 is 0 Å². The van der Waals surface area contributed by atoms with Crippen LogP contribution in [0.5, 0.6) is 0 Å². The van der Waals surface area contributed by atoms with Crippen molar-refractivity contribution in [2.75, 3.05) is 6.54 Å². The lowest BCUT2D eigenvalue weighted by atomic mass is 10.1. The highest BCUT2D eigenvalue weighted by Crippen LogP contribution is 2.16. The molecule has 3 aromatic rings. The molecule has 0 spiro atoms. The van der Waals surface area contributed by atoms with Gasteiger partial charge in [0.1, 0.15) is 0 Å². The minimum atomic E-state index is -0.162. The van der Waals surface area contributed by atoms with Crippen molar-refractivity contribution in [1.82, 2.24) is 19.5 Å². The molecule has 0 aliphatic heterocycles. The zero-order chi connectivity index (χ0) is 17.1. The molecule has 7 heteroatoms. The van der Waals surface area contributed by atoms with E-state index in [1.54, 1.807) is 18.3 Å². The number of amides is 1. The van der Waals surface area contributed by atoms with Gasteiger partial charge in [-0.3, -0.25) is 9.20 Å². The van der Waals surface area contributed by atoms with E-state index in [4.69, 9.17) is 0 Å². The predicted molar refractivity (Wildman–Crippen MR) is 100 cm³/mol. The number of aromatic nitrogens is 3. The predicted octanol–water partition coefficient (Wildman–Crippen LogP) is 2.23. The first-order valence-electron chi connectivity index (χ1n) is 7.65. The number of pyridine rings is 1. The first kappa shape index (κ1) is 16.7. The molecular formula is C17H17IN4O2. The van der Waals surface area contributed by atoms with Crippen LogP contribution in [-0.2, 0) is 6.54 Å². The van der Waals surface area contributed by atoms with E-state index in [2.05, 4.69) is 33.0 Å². The second-order valence-electron chi connectivity index (χ2n) is 5.48. The van der Waals surface area contributed by atoms with E-state index < -0.39 is 0 Å². The first-order valence-corrected chi connectivity index (χ1v) is 8.73. The Labute approximate surface area is 152 Å². The molecule has 0 unspecified atom stereocenters. The number of aryl methyl sites for hydroxylation is 2. The molecule has 2 aromatic heterocycles. The van der Waals surface area contributed by atoms with Gasteiger partial charge in [0.05, 0.1) is 5.56 Å². The standard InChI is InChI=1S/C17H17IN4O2/c1-12-6-4-7-13(15(12)18)16(23)19-9-5-11-22-17(24)21-10-3-2-8-14(21)20-22/h2-4,6-8,10H,5,9,11H2,1H3,(H,19,23). The summed E-state index contributed by atoms with van der Waals surface area (Å²) in [6.45, 7) is 2.93. The summed E-state index contributed by atoms with van der Waals surface area (Å²) in [4.78, 5) is 24.4. The summed E-state index contributed by atoms with van der Waals surface area (Å²) in [5, 5.41) is 7.16. The quantitative estimate of drug-likeness (QED) is 0.493. The van der Waals surface area contributed by atoms with Crippen LogP contribution in [0.3, 0.4) is 0 Å². The molecule has 0 saturated heterocycles. The molecule has 24 heavy (non-hydrogen) atoms. The smallest absolute Gasteiger partial charge is 0.350 e. The molecule has 0 bridgehead atoms. The number of hydrogen-bond acceptors (Lipinski definition) is 3. The van der Waals surface area contributed by atoms with Crippen LogP contribution in [0.2, 0.25) is 0 Å². The van der Waals surface area contributed by atoms with Crippen LogP contribution >= 0.6 is 22.6 Å². The molecule has 1 N–H and O–H groups in total. The van der Waals surface area contributed by atoms with Crippen LogP contribution < -0.4 is 11.0 Å². The fraction of sp³-hybridized carbons (Fsp3) is 0.235. The van der Waals surface area contributed by atoms with Crippen molar-refractivity contribution in [3.63, 3.8) is 0 Å². The Kier molecular flexibility index (Phi) is 4.98. The number of nitrogens with zero attached hydrogens (tertiary/aromatic N) is 3. The highest BCUT2D eigenvalue weighted by Gasteiger charge is 2.11. The molecular weight excluding hydrogens is 419 g/mol. The Morgan fingerprint density at radius 1 is 1.25 bits per heavy atom. The lowest BCUT2D eigenvalue weighted by molar-refractivity contribution is 0.0951. The van der Waals surface area contributed by atoms with Crippen LogP contribution in [0.15, 0.2) is 47.4 Å². The lowest BCUT2D eigenvalue weighted by Crippen LogP contribution is -2.28.